The van der Waals surface area contributed by atoms with E-state index in [0.717, 1.165) is 11.1 Å². The van der Waals surface area contributed by atoms with Gasteiger partial charge in [0.2, 0.25) is 5.88 Å². The predicted octanol–water partition coefficient (Wildman–Crippen LogP) is 5.35. The highest BCUT2D eigenvalue weighted by Crippen LogP contribution is 2.32. The van der Waals surface area contributed by atoms with Crippen molar-refractivity contribution in [3.05, 3.63) is 87.2 Å². The Kier molecular flexibility index (Phi) is 5.87. The number of aryl methyl sites for hydroxylation is 1. The predicted molar refractivity (Wildman–Crippen MR) is 127 cm³/mol. The van der Waals surface area contributed by atoms with Crippen molar-refractivity contribution in [1.29, 1.82) is 0 Å². The van der Waals surface area contributed by atoms with Gasteiger partial charge in [-0.25, -0.2) is 9.78 Å². The second kappa shape index (κ2) is 8.78. The number of rotatable bonds is 6. The molecule has 0 fully saturated rings. The first-order valence-corrected chi connectivity index (χ1v) is 10.5. The number of carbonyl (C=O) groups is 1. The summed E-state index contributed by atoms with van der Waals surface area (Å²) in [6, 6.07) is 13.6. The molecule has 0 aliphatic heterocycles. The summed E-state index contributed by atoms with van der Waals surface area (Å²) < 4.78 is 11.4. The molecule has 0 amide bonds. The molecule has 0 radical (unpaired) electrons. The largest absolute Gasteiger partial charge is 0.481 e. The molecule has 7 heteroatoms. The Labute approximate surface area is 190 Å². The van der Waals surface area contributed by atoms with Crippen LogP contribution in [0.15, 0.2) is 63.9 Å². The monoisotopic (exact) mass is 444 g/mol. The van der Waals surface area contributed by atoms with E-state index in [1.54, 1.807) is 49.5 Å². The fourth-order valence-corrected chi connectivity index (χ4v) is 3.91. The number of carboxylic acids is 1. The number of para-hydroxylation sites is 1. The van der Waals surface area contributed by atoms with E-state index in [0.29, 0.717) is 39.4 Å². The molecule has 0 bridgehead atoms. The van der Waals surface area contributed by atoms with Gasteiger partial charge in [-0.05, 0) is 50.6 Å². The van der Waals surface area contributed by atoms with Crippen molar-refractivity contribution in [3.63, 3.8) is 0 Å². The molecule has 168 valence electrons. The Morgan fingerprint density at radius 2 is 1.91 bits per heavy atom. The number of carboxylic acid groups (broad SMARTS) is 1. The van der Waals surface area contributed by atoms with Crippen LogP contribution in [0.5, 0.6) is 5.88 Å². The van der Waals surface area contributed by atoms with E-state index >= 15 is 0 Å². The molecule has 2 heterocycles. The topological polar surface area (TPSA) is 102 Å². The minimum absolute atomic E-state index is 0.120. The summed E-state index contributed by atoms with van der Waals surface area (Å²) in [5.74, 6) is -0.118. The molecule has 33 heavy (non-hydrogen) atoms. The summed E-state index contributed by atoms with van der Waals surface area (Å²) in [5.41, 5.74) is 3.80. The SMILES string of the molecule is COc1ccc(-c2oc3c(C(C)Nc4ccccc4C(=O)O)cc(C)cc3c(=O)c2C)cn1. The van der Waals surface area contributed by atoms with E-state index in [2.05, 4.69) is 10.3 Å². The fraction of sp³-hybridized carbons (Fsp3) is 0.192. The third-order valence-corrected chi connectivity index (χ3v) is 5.60. The van der Waals surface area contributed by atoms with E-state index in [1.807, 2.05) is 26.0 Å². The summed E-state index contributed by atoms with van der Waals surface area (Å²) in [4.78, 5) is 29.1. The number of hydrogen-bond donors (Lipinski definition) is 2. The van der Waals surface area contributed by atoms with Crippen LogP contribution in [-0.2, 0) is 0 Å². The van der Waals surface area contributed by atoms with E-state index in [4.69, 9.17) is 9.15 Å². The average molecular weight is 444 g/mol. The molecular weight excluding hydrogens is 420 g/mol. The van der Waals surface area contributed by atoms with Gasteiger partial charge in [-0.1, -0.05) is 18.2 Å². The zero-order valence-corrected chi connectivity index (χ0v) is 18.8. The fourth-order valence-electron chi connectivity index (χ4n) is 3.91. The maximum atomic E-state index is 13.3. The molecule has 1 atom stereocenters. The maximum Gasteiger partial charge on any atom is 0.337 e. The molecule has 2 aromatic carbocycles. The van der Waals surface area contributed by atoms with Gasteiger partial charge in [0.05, 0.1) is 24.1 Å². The number of nitrogens with one attached hydrogen (secondary N) is 1. The quantitative estimate of drug-likeness (QED) is 0.413. The Hall–Kier alpha value is -4.13. The number of hydrogen-bond acceptors (Lipinski definition) is 6. The number of nitrogens with zero attached hydrogens (tertiary/aromatic N) is 1. The first-order chi connectivity index (χ1) is 15.8. The number of benzene rings is 2. The Bertz CT molecular complexity index is 1410. The second-order valence-corrected chi connectivity index (χ2v) is 7.92. The lowest BCUT2D eigenvalue weighted by molar-refractivity contribution is 0.0698. The molecule has 1 unspecified atom stereocenters. The normalized spacial score (nSPS) is 11.9. The van der Waals surface area contributed by atoms with Crippen molar-refractivity contribution in [3.8, 4) is 17.2 Å². The van der Waals surface area contributed by atoms with Gasteiger partial charge < -0.3 is 19.6 Å². The molecule has 0 aliphatic carbocycles. The molecule has 2 N–H and O–H groups in total. The standard InChI is InChI=1S/C26H24N2O5/c1-14-11-19(16(3)28-21-8-6-5-7-18(21)26(30)31)25-20(12-14)23(29)15(2)24(33-25)17-9-10-22(32-4)27-13-17/h5-13,16,28H,1-4H3,(H,30,31). The van der Waals surface area contributed by atoms with Gasteiger partial charge in [0, 0.05) is 34.6 Å². The van der Waals surface area contributed by atoms with Crippen molar-refractivity contribution in [2.45, 2.75) is 26.8 Å². The molecule has 4 rings (SSSR count). The van der Waals surface area contributed by atoms with Gasteiger partial charge in [-0.2, -0.15) is 0 Å². The number of methoxy groups -OCH3 is 1. The third-order valence-electron chi connectivity index (χ3n) is 5.60. The summed E-state index contributed by atoms with van der Waals surface area (Å²) in [7, 11) is 1.54. The van der Waals surface area contributed by atoms with Crippen LogP contribution in [0.1, 0.15) is 40.0 Å². The van der Waals surface area contributed by atoms with Crippen LogP contribution in [0.4, 0.5) is 5.69 Å². The molecule has 0 spiro atoms. The maximum absolute atomic E-state index is 13.3. The lowest BCUT2D eigenvalue weighted by Crippen LogP contribution is -2.14. The zero-order valence-electron chi connectivity index (χ0n) is 18.8. The molecule has 4 aromatic rings. The number of fused-ring (bicyclic) bond motifs is 1. The van der Waals surface area contributed by atoms with Gasteiger partial charge in [0.1, 0.15) is 11.3 Å². The van der Waals surface area contributed by atoms with E-state index in [-0.39, 0.29) is 17.0 Å². The van der Waals surface area contributed by atoms with Gasteiger partial charge in [-0.15, -0.1) is 0 Å². The molecule has 0 aliphatic rings. The third kappa shape index (κ3) is 4.17. The minimum atomic E-state index is -1.02. The number of aromatic nitrogens is 1. The highest BCUT2D eigenvalue weighted by molar-refractivity contribution is 5.94. The van der Waals surface area contributed by atoms with Crippen molar-refractivity contribution in [2.75, 3.05) is 12.4 Å². The Morgan fingerprint density at radius 3 is 2.58 bits per heavy atom. The molecule has 0 saturated carbocycles. The van der Waals surface area contributed by atoms with Gasteiger partial charge in [0.15, 0.2) is 5.43 Å². The van der Waals surface area contributed by atoms with Crippen LogP contribution in [0.2, 0.25) is 0 Å². The van der Waals surface area contributed by atoms with Crippen LogP contribution < -0.4 is 15.5 Å². The van der Waals surface area contributed by atoms with E-state index in [9.17, 15) is 14.7 Å². The Morgan fingerprint density at radius 1 is 1.15 bits per heavy atom. The molecule has 0 saturated heterocycles. The first-order valence-electron chi connectivity index (χ1n) is 10.5. The smallest absolute Gasteiger partial charge is 0.337 e. The number of ether oxygens (including phenoxy) is 1. The summed E-state index contributed by atoms with van der Waals surface area (Å²) in [5, 5.41) is 13.3. The lowest BCUT2D eigenvalue weighted by Gasteiger charge is -2.20. The van der Waals surface area contributed by atoms with E-state index < -0.39 is 5.97 Å². The van der Waals surface area contributed by atoms with Crippen LogP contribution in [-0.4, -0.2) is 23.2 Å². The van der Waals surface area contributed by atoms with Crippen molar-refractivity contribution in [2.24, 2.45) is 0 Å². The summed E-state index contributed by atoms with van der Waals surface area (Å²) in [6.07, 6.45) is 1.61. The van der Waals surface area contributed by atoms with Gasteiger partial charge in [0.25, 0.3) is 0 Å². The lowest BCUT2D eigenvalue weighted by atomic mass is 9.99. The zero-order chi connectivity index (χ0) is 23.7. The Balaban J connectivity index is 1.87. The second-order valence-electron chi connectivity index (χ2n) is 7.92. The van der Waals surface area contributed by atoms with Crippen molar-refractivity contribution >= 4 is 22.6 Å². The highest BCUT2D eigenvalue weighted by Gasteiger charge is 2.20. The van der Waals surface area contributed by atoms with E-state index in [1.165, 1.54) is 7.11 Å². The van der Waals surface area contributed by atoms with Gasteiger partial charge >= 0.3 is 5.97 Å². The molecule has 7 nitrogen and oxygen atoms in total. The molecule has 2 aromatic heterocycles. The van der Waals surface area contributed by atoms with Crippen molar-refractivity contribution < 1.29 is 19.1 Å². The minimum Gasteiger partial charge on any atom is -0.481 e. The van der Waals surface area contributed by atoms with Crippen LogP contribution in [0.25, 0.3) is 22.3 Å². The highest BCUT2D eigenvalue weighted by atomic mass is 16.5. The molecular formula is C26H24N2O5. The summed E-state index contributed by atoms with van der Waals surface area (Å²) in [6.45, 7) is 5.55. The van der Waals surface area contributed by atoms with Gasteiger partial charge in [-0.3, -0.25) is 4.79 Å². The number of anilines is 1. The summed E-state index contributed by atoms with van der Waals surface area (Å²) >= 11 is 0. The van der Waals surface area contributed by atoms with Crippen molar-refractivity contribution in [1.82, 2.24) is 4.98 Å². The van der Waals surface area contributed by atoms with Crippen LogP contribution in [0, 0.1) is 13.8 Å². The van der Waals surface area contributed by atoms with Crippen LogP contribution >= 0.6 is 0 Å². The number of pyridine rings is 1. The number of aromatic carboxylic acids is 1. The average Bonchev–Trinajstić information content (AvgIpc) is 2.81. The first kappa shape index (κ1) is 22.1. The van der Waals surface area contributed by atoms with Crippen LogP contribution in [0.3, 0.4) is 0 Å².